The summed E-state index contributed by atoms with van der Waals surface area (Å²) >= 11 is 0. The zero-order valence-electron chi connectivity index (χ0n) is 13.1. The van der Waals surface area contributed by atoms with Crippen LogP contribution >= 0.6 is 0 Å². The number of carboxylic acid groups (broad SMARTS) is 1. The molecule has 9 nitrogen and oxygen atoms in total. The lowest BCUT2D eigenvalue weighted by atomic mass is 10.2. The van der Waals surface area contributed by atoms with Gasteiger partial charge in [-0.15, -0.1) is 10.2 Å². The van der Waals surface area contributed by atoms with E-state index in [-0.39, 0.29) is 22.8 Å². The van der Waals surface area contributed by atoms with Crippen LogP contribution in [-0.4, -0.2) is 27.9 Å². The molecule has 3 N–H and O–H groups in total. The van der Waals surface area contributed by atoms with Gasteiger partial charge in [0.2, 0.25) is 5.88 Å². The molecule has 0 saturated heterocycles. The summed E-state index contributed by atoms with van der Waals surface area (Å²) in [6.07, 6.45) is 0. The first kappa shape index (κ1) is 16.8. The van der Waals surface area contributed by atoms with E-state index in [0.717, 1.165) is 6.07 Å². The van der Waals surface area contributed by atoms with Gasteiger partial charge in [0.1, 0.15) is 0 Å². The fourth-order valence-corrected chi connectivity index (χ4v) is 2.26. The Kier molecular flexibility index (Phi) is 4.44. The number of anilines is 1. The van der Waals surface area contributed by atoms with Gasteiger partial charge < -0.3 is 25.3 Å². The Bertz CT molecular complexity index is 1050. The van der Waals surface area contributed by atoms with Crippen molar-refractivity contribution in [2.24, 2.45) is 10.2 Å². The van der Waals surface area contributed by atoms with Crippen LogP contribution in [-0.2, 0) is 9.59 Å². The zero-order chi connectivity index (χ0) is 18.7. The Balaban J connectivity index is 1.76. The monoisotopic (exact) mass is 351 g/mol. The molecule has 0 aliphatic rings. The maximum Gasteiger partial charge on any atom is 0.353 e. The van der Waals surface area contributed by atoms with Gasteiger partial charge in [-0.3, -0.25) is 9.59 Å². The van der Waals surface area contributed by atoms with Crippen molar-refractivity contribution in [3.63, 3.8) is 0 Å². The number of benzene rings is 2. The lowest BCUT2D eigenvalue weighted by molar-refractivity contribution is -0.255. The predicted octanol–water partition coefficient (Wildman–Crippen LogP) is 1.49. The summed E-state index contributed by atoms with van der Waals surface area (Å²) in [6, 6.07) is 12.0. The molecular weight excluding hydrogens is 340 g/mol. The fourth-order valence-electron chi connectivity index (χ4n) is 2.26. The quantitative estimate of drug-likeness (QED) is 0.483. The Labute approximate surface area is 146 Å². The number of nitrogens with zero attached hydrogens (tertiary/aromatic N) is 2. The number of hydrogen-bond acceptors (Lipinski definition) is 6. The number of aromatic amines is 1. The van der Waals surface area contributed by atoms with Gasteiger partial charge in [-0.25, -0.2) is 0 Å². The predicted molar refractivity (Wildman–Crippen MR) is 88.9 cm³/mol. The summed E-state index contributed by atoms with van der Waals surface area (Å²) in [5.41, 5.74) is 0.562. The molecule has 26 heavy (non-hydrogen) atoms. The van der Waals surface area contributed by atoms with E-state index in [4.69, 9.17) is 0 Å². The van der Waals surface area contributed by atoms with Crippen LogP contribution in [0.4, 0.5) is 11.4 Å². The summed E-state index contributed by atoms with van der Waals surface area (Å²) in [5.74, 6) is -4.02. The average molecular weight is 351 g/mol. The van der Waals surface area contributed by atoms with Crippen LogP contribution in [0.1, 0.15) is 10.4 Å². The number of fused-ring (bicyclic) bond motifs is 1. The molecule has 0 bridgehead atoms. The molecule has 0 unspecified atom stereocenters. The second kappa shape index (κ2) is 6.85. The minimum Gasteiger partial charge on any atom is -0.545 e. The first-order valence-corrected chi connectivity index (χ1v) is 7.34. The van der Waals surface area contributed by atoms with Crippen molar-refractivity contribution in [3.05, 3.63) is 54.1 Å². The number of nitrogens with one attached hydrogen (secondary N) is 2. The van der Waals surface area contributed by atoms with Crippen molar-refractivity contribution in [1.82, 2.24) is 4.98 Å². The number of rotatable bonds is 3. The Morgan fingerprint density at radius 2 is 1.85 bits per heavy atom. The highest BCUT2D eigenvalue weighted by atomic mass is 16.4. The molecule has 1 heterocycles. The van der Waals surface area contributed by atoms with Crippen molar-refractivity contribution >= 4 is 40.1 Å². The maximum absolute atomic E-state index is 11.9. The third-order valence-corrected chi connectivity index (χ3v) is 3.45. The van der Waals surface area contributed by atoms with E-state index in [9.17, 15) is 24.6 Å². The topological polar surface area (TPSA) is 147 Å². The van der Waals surface area contributed by atoms with Crippen molar-refractivity contribution in [3.8, 4) is 5.88 Å². The number of carbonyl (C=O) groups excluding carboxylic acids is 3. The fraction of sp³-hybridized carbons (Fsp3) is 0. The third-order valence-electron chi connectivity index (χ3n) is 3.45. The highest BCUT2D eigenvalue weighted by Crippen LogP contribution is 2.35. The molecule has 0 atom stereocenters. The van der Waals surface area contributed by atoms with E-state index >= 15 is 0 Å². The molecule has 0 radical (unpaired) electrons. The van der Waals surface area contributed by atoms with E-state index in [1.807, 2.05) is 0 Å². The van der Waals surface area contributed by atoms with Crippen molar-refractivity contribution in [1.29, 1.82) is 0 Å². The van der Waals surface area contributed by atoms with Crippen LogP contribution in [0.3, 0.4) is 0 Å². The number of H-pyrrole nitrogens is 1. The zero-order valence-corrected chi connectivity index (χ0v) is 13.1. The number of para-hydroxylation sites is 1. The van der Waals surface area contributed by atoms with Crippen LogP contribution in [0.15, 0.2) is 58.8 Å². The second-order valence-electron chi connectivity index (χ2n) is 5.20. The summed E-state index contributed by atoms with van der Waals surface area (Å²) in [6.45, 7) is 0. The number of aromatic carboxylic acids is 1. The van der Waals surface area contributed by atoms with Crippen LogP contribution in [0, 0.1) is 0 Å². The van der Waals surface area contributed by atoms with Crippen LogP contribution < -0.4 is 10.4 Å². The molecule has 130 valence electrons. The number of azo groups is 1. The van der Waals surface area contributed by atoms with E-state index in [0.29, 0.717) is 10.9 Å². The molecule has 2 amide bonds. The summed E-state index contributed by atoms with van der Waals surface area (Å²) in [7, 11) is 0. The molecule has 0 aliphatic heterocycles. The van der Waals surface area contributed by atoms with Crippen LogP contribution in [0.5, 0.6) is 5.88 Å². The highest BCUT2D eigenvalue weighted by molar-refractivity contribution is 6.40. The van der Waals surface area contributed by atoms with Gasteiger partial charge in [0.15, 0.2) is 5.69 Å². The molecule has 0 spiro atoms. The van der Waals surface area contributed by atoms with Gasteiger partial charge in [-0.2, -0.15) is 0 Å². The molecule has 2 aromatic carbocycles. The van der Waals surface area contributed by atoms with Crippen molar-refractivity contribution in [2.75, 3.05) is 5.32 Å². The van der Waals surface area contributed by atoms with Gasteiger partial charge in [0, 0.05) is 11.1 Å². The molecule has 0 aliphatic carbocycles. The normalized spacial score (nSPS) is 10.9. The van der Waals surface area contributed by atoms with Gasteiger partial charge >= 0.3 is 11.8 Å². The molecule has 3 aromatic rings. The minimum atomic E-state index is -1.41. The van der Waals surface area contributed by atoms with Crippen LogP contribution in [0.25, 0.3) is 10.9 Å². The Morgan fingerprint density at radius 3 is 2.62 bits per heavy atom. The van der Waals surface area contributed by atoms with Crippen molar-refractivity contribution < 1.29 is 24.6 Å². The number of carboxylic acids is 1. The smallest absolute Gasteiger partial charge is 0.353 e. The lowest BCUT2D eigenvalue weighted by Crippen LogP contribution is -2.23. The van der Waals surface area contributed by atoms with Crippen molar-refractivity contribution in [2.45, 2.75) is 0 Å². The van der Waals surface area contributed by atoms with Crippen LogP contribution in [0.2, 0.25) is 0 Å². The summed E-state index contributed by atoms with van der Waals surface area (Å²) in [4.78, 5) is 37.1. The van der Waals surface area contributed by atoms with Gasteiger partial charge in [-0.1, -0.05) is 30.3 Å². The summed E-state index contributed by atoms with van der Waals surface area (Å²) in [5, 5.41) is 30.3. The molecule has 3 rings (SSSR count). The first-order chi connectivity index (χ1) is 12.5. The Morgan fingerprint density at radius 1 is 1.08 bits per heavy atom. The molecule has 0 saturated carbocycles. The number of aromatic nitrogens is 1. The van der Waals surface area contributed by atoms with E-state index in [1.54, 1.807) is 24.3 Å². The Hall–Kier alpha value is -4.01. The number of aromatic hydroxyl groups is 1. The van der Waals surface area contributed by atoms with Gasteiger partial charge in [-0.05, 0) is 23.8 Å². The first-order valence-electron chi connectivity index (χ1n) is 7.34. The van der Waals surface area contributed by atoms with Gasteiger partial charge in [0.05, 0.1) is 11.5 Å². The van der Waals surface area contributed by atoms with E-state index in [2.05, 4.69) is 20.5 Å². The van der Waals surface area contributed by atoms with Gasteiger partial charge in [0.25, 0.3) is 0 Å². The largest absolute Gasteiger partial charge is 0.545 e. The van der Waals surface area contributed by atoms with E-state index in [1.165, 1.54) is 18.2 Å². The molecule has 1 aromatic heterocycles. The molecular formula is C17H11N4O5-. The SMILES string of the molecule is O=C(N=Nc1c(O)[nH]c2ccccc12)C(=O)Nc1cccc(C(=O)[O-])c1. The standard InChI is InChI=1S/C17H12N4O5/c22-14-13(11-6-1-2-7-12(11)19-14)20-21-16(24)15(23)18-10-5-3-4-9(8-10)17(25)26/h1-8,19,22H,(H,18,23)(H,25,26)/p-1. The number of carbonyl (C=O) groups is 3. The van der Waals surface area contributed by atoms with E-state index < -0.39 is 17.8 Å². The minimum absolute atomic E-state index is 0.0284. The maximum atomic E-state index is 11.9. The molecule has 9 heteroatoms. The average Bonchev–Trinajstić information content (AvgIpc) is 2.95. The third kappa shape index (κ3) is 3.41. The number of amides is 2. The lowest BCUT2D eigenvalue weighted by Gasteiger charge is -2.06. The second-order valence-corrected chi connectivity index (χ2v) is 5.20. The molecule has 0 fully saturated rings. The number of hydrogen-bond donors (Lipinski definition) is 3. The summed E-state index contributed by atoms with van der Waals surface area (Å²) < 4.78 is 0. The highest BCUT2D eigenvalue weighted by Gasteiger charge is 2.15.